The minimum Gasteiger partial charge on any atom is -0.444 e. The van der Waals surface area contributed by atoms with Gasteiger partial charge in [-0.3, -0.25) is 9.84 Å². The molecule has 0 aliphatic rings. The highest BCUT2D eigenvalue weighted by Crippen LogP contribution is 2.34. The average molecular weight is 329 g/mol. The lowest BCUT2D eigenvalue weighted by molar-refractivity contribution is 0.122. The number of carbonyl (C=O) groups is 1. The van der Waals surface area contributed by atoms with Crippen molar-refractivity contribution in [3.63, 3.8) is 0 Å². The summed E-state index contributed by atoms with van der Waals surface area (Å²) in [7, 11) is -4.67. The first kappa shape index (κ1) is 16.2. The highest BCUT2D eigenvalue weighted by Gasteiger charge is 2.14. The Hall–Kier alpha value is -2.19. The van der Waals surface area contributed by atoms with Gasteiger partial charge in [0, 0.05) is 5.39 Å². The first-order valence-corrected chi connectivity index (χ1v) is 7.51. The largest absolute Gasteiger partial charge is 0.471 e. The van der Waals surface area contributed by atoms with Crippen LogP contribution in [-0.2, 0) is 20.4 Å². The first-order chi connectivity index (χ1) is 10.3. The van der Waals surface area contributed by atoms with Gasteiger partial charge in [0.15, 0.2) is 0 Å². The molecule has 0 aliphatic carbocycles. The molecule has 0 radical (unpaired) electrons. The van der Waals surface area contributed by atoms with Crippen molar-refractivity contribution >= 4 is 24.9 Å². The van der Waals surface area contributed by atoms with Crippen LogP contribution in [0.15, 0.2) is 39.5 Å². The van der Waals surface area contributed by atoms with Crippen LogP contribution >= 0.6 is 7.82 Å². The Kier molecular flexibility index (Phi) is 4.94. The fraction of sp³-hybridized carbons (Fsp3) is 0.167. The third kappa shape index (κ3) is 4.68. The summed E-state index contributed by atoms with van der Waals surface area (Å²) < 4.78 is 24.2. The predicted octanol–water partition coefficient (Wildman–Crippen LogP) is 1.09. The van der Waals surface area contributed by atoms with Gasteiger partial charge in [-0.1, -0.05) is 18.2 Å². The van der Waals surface area contributed by atoms with Crippen LogP contribution in [-0.4, -0.2) is 22.6 Å². The number of fused-ring (bicyclic) bond motifs is 1. The molecule has 1 amide bonds. The summed E-state index contributed by atoms with van der Waals surface area (Å²) in [5.41, 5.74) is -0.0986. The average Bonchev–Trinajstić information content (AvgIpc) is 2.43. The summed E-state index contributed by atoms with van der Waals surface area (Å²) in [6, 6.07) is 8.37. The van der Waals surface area contributed by atoms with E-state index >= 15 is 0 Å². The second-order valence-electron chi connectivity index (χ2n) is 4.11. The van der Waals surface area contributed by atoms with Crippen molar-refractivity contribution in [2.75, 3.05) is 6.73 Å². The van der Waals surface area contributed by atoms with Crippen molar-refractivity contribution in [1.82, 2.24) is 5.32 Å². The maximum Gasteiger partial charge on any atom is 0.471 e. The Bertz CT molecular complexity index is 780. The molecule has 0 fully saturated rings. The molecule has 9 nitrogen and oxygen atoms in total. The molecule has 0 bridgehead atoms. The van der Waals surface area contributed by atoms with Crippen LogP contribution in [0.1, 0.15) is 5.56 Å². The number of hydrogen-bond acceptors (Lipinski definition) is 6. The summed E-state index contributed by atoms with van der Waals surface area (Å²) in [6.07, 6.45) is -0.999. The zero-order valence-electron chi connectivity index (χ0n) is 11.1. The molecule has 2 rings (SSSR count). The van der Waals surface area contributed by atoms with Crippen molar-refractivity contribution in [3.05, 3.63) is 46.3 Å². The zero-order chi connectivity index (χ0) is 16.2. The van der Waals surface area contributed by atoms with E-state index in [4.69, 9.17) is 18.9 Å². The van der Waals surface area contributed by atoms with Gasteiger partial charge in [-0.05, 0) is 12.1 Å². The summed E-state index contributed by atoms with van der Waals surface area (Å²) in [4.78, 5) is 39.8. The van der Waals surface area contributed by atoms with Gasteiger partial charge in [0.25, 0.3) is 0 Å². The molecular weight excluding hydrogens is 317 g/mol. The van der Waals surface area contributed by atoms with Gasteiger partial charge in [-0.15, -0.1) is 0 Å². The minimum absolute atomic E-state index is 0.129. The number of benzene rings is 1. The molecule has 1 heterocycles. The second kappa shape index (κ2) is 6.71. The third-order valence-electron chi connectivity index (χ3n) is 2.52. The van der Waals surface area contributed by atoms with Gasteiger partial charge in [-0.25, -0.2) is 14.2 Å². The van der Waals surface area contributed by atoms with Crippen molar-refractivity contribution in [2.45, 2.75) is 6.61 Å². The molecule has 1 aromatic heterocycles. The second-order valence-corrected chi connectivity index (χ2v) is 5.35. The van der Waals surface area contributed by atoms with Crippen LogP contribution in [0.4, 0.5) is 4.79 Å². The zero-order valence-corrected chi connectivity index (χ0v) is 12.0. The van der Waals surface area contributed by atoms with E-state index in [0.29, 0.717) is 11.0 Å². The number of amides is 1. The van der Waals surface area contributed by atoms with E-state index in [9.17, 15) is 14.2 Å². The van der Waals surface area contributed by atoms with Crippen molar-refractivity contribution in [3.8, 4) is 0 Å². The molecule has 10 heteroatoms. The number of nitrogens with one attached hydrogen (secondary N) is 1. The Morgan fingerprint density at radius 1 is 1.32 bits per heavy atom. The molecule has 0 saturated heterocycles. The molecule has 0 atom stereocenters. The monoisotopic (exact) mass is 329 g/mol. The smallest absolute Gasteiger partial charge is 0.444 e. The number of para-hydroxylation sites is 1. The number of carbonyl (C=O) groups excluding carboxylic acids is 1. The molecule has 22 heavy (non-hydrogen) atoms. The van der Waals surface area contributed by atoms with E-state index in [1.807, 2.05) is 5.32 Å². The van der Waals surface area contributed by atoms with Crippen molar-refractivity contribution in [2.24, 2.45) is 0 Å². The Morgan fingerprint density at radius 3 is 2.77 bits per heavy atom. The Balaban J connectivity index is 1.94. The van der Waals surface area contributed by atoms with Crippen LogP contribution in [0.25, 0.3) is 11.0 Å². The quantitative estimate of drug-likeness (QED) is 0.421. The number of alkyl carbamates (subject to hydrolysis) is 1. The molecule has 2 aromatic rings. The fourth-order valence-corrected chi connectivity index (χ4v) is 1.81. The number of rotatable bonds is 5. The van der Waals surface area contributed by atoms with Crippen LogP contribution in [0, 0.1) is 0 Å². The van der Waals surface area contributed by atoms with E-state index in [1.165, 1.54) is 6.07 Å². The van der Waals surface area contributed by atoms with E-state index in [2.05, 4.69) is 4.52 Å². The Labute approximate surface area is 123 Å². The lowest BCUT2D eigenvalue weighted by Crippen LogP contribution is -2.27. The number of hydrogen-bond donors (Lipinski definition) is 3. The normalized spacial score (nSPS) is 11.4. The summed E-state index contributed by atoms with van der Waals surface area (Å²) in [5.74, 6) is 0. The van der Waals surface area contributed by atoms with Gasteiger partial charge >= 0.3 is 19.5 Å². The molecule has 0 saturated carbocycles. The topological polar surface area (TPSA) is 135 Å². The molecule has 0 aliphatic heterocycles. The van der Waals surface area contributed by atoms with Crippen LogP contribution in [0.5, 0.6) is 0 Å². The molecule has 0 unspecified atom stereocenters. The molecule has 3 N–H and O–H groups in total. The number of phosphoric ester groups is 1. The van der Waals surface area contributed by atoms with Gasteiger partial charge in [0.1, 0.15) is 18.9 Å². The van der Waals surface area contributed by atoms with Gasteiger partial charge in [0.05, 0.1) is 5.56 Å². The van der Waals surface area contributed by atoms with E-state index < -0.39 is 26.3 Å². The standard InChI is InChI=1S/C12H12NO8P/c14-11-9(5-8-3-1-2-4-10(8)21-11)6-19-12(15)13-7-20-22(16,17)18/h1-5H,6-7H2,(H,13,15)(H2,16,17,18). The number of ether oxygens (including phenoxy) is 1. The molecular formula is C12H12NO8P. The fourth-order valence-electron chi connectivity index (χ4n) is 1.57. The van der Waals surface area contributed by atoms with Crippen LogP contribution in [0.3, 0.4) is 0 Å². The number of phosphoric acid groups is 1. The highest BCUT2D eigenvalue weighted by molar-refractivity contribution is 7.46. The van der Waals surface area contributed by atoms with Crippen LogP contribution in [0.2, 0.25) is 0 Å². The van der Waals surface area contributed by atoms with Crippen molar-refractivity contribution < 1.29 is 32.8 Å². The van der Waals surface area contributed by atoms with E-state index in [1.54, 1.807) is 24.3 Å². The van der Waals surface area contributed by atoms with Crippen molar-refractivity contribution in [1.29, 1.82) is 0 Å². The minimum atomic E-state index is -4.67. The SMILES string of the molecule is O=C(NCOP(=O)(O)O)OCc1cc2ccccc2oc1=O. The summed E-state index contributed by atoms with van der Waals surface area (Å²) >= 11 is 0. The first-order valence-electron chi connectivity index (χ1n) is 5.97. The summed E-state index contributed by atoms with van der Waals surface area (Å²) in [5, 5.41) is 2.63. The highest BCUT2D eigenvalue weighted by atomic mass is 31.2. The van der Waals surface area contributed by atoms with E-state index in [0.717, 1.165) is 0 Å². The lowest BCUT2D eigenvalue weighted by Gasteiger charge is -2.08. The predicted molar refractivity (Wildman–Crippen MR) is 73.8 cm³/mol. The molecule has 118 valence electrons. The molecule has 1 aromatic carbocycles. The van der Waals surface area contributed by atoms with Gasteiger partial charge in [0.2, 0.25) is 0 Å². The van der Waals surface area contributed by atoms with Crippen LogP contribution < -0.4 is 10.9 Å². The summed E-state index contributed by atoms with van der Waals surface area (Å²) in [6.45, 7) is -1.08. The Morgan fingerprint density at radius 2 is 2.05 bits per heavy atom. The third-order valence-corrected chi connectivity index (χ3v) is 2.99. The van der Waals surface area contributed by atoms with Gasteiger partial charge < -0.3 is 18.9 Å². The maximum absolute atomic E-state index is 11.7. The van der Waals surface area contributed by atoms with Gasteiger partial charge in [-0.2, -0.15) is 0 Å². The molecule has 0 spiro atoms. The lowest BCUT2D eigenvalue weighted by atomic mass is 10.2. The maximum atomic E-state index is 11.7. The van der Waals surface area contributed by atoms with E-state index in [-0.39, 0.29) is 12.2 Å².